The van der Waals surface area contributed by atoms with Crippen LogP contribution in [-0.4, -0.2) is 36.3 Å². The maximum atomic E-state index is 12.9. The Morgan fingerprint density at radius 1 is 1.35 bits per heavy atom. The van der Waals surface area contributed by atoms with Crippen molar-refractivity contribution in [3.63, 3.8) is 0 Å². The fourth-order valence-electron chi connectivity index (χ4n) is 2.88. The Morgan fingerprint density at radius 3 is 2.60 bits per heavy atom. The molecule has 6 heteroatoms. The number of aromatic nitrogens is 1. The normalized spacial score (nSPS) is 24.6. The standard InChI is InChI=1S/C14H23N3O2S/c1-4-15-14-13(9-6-10-16-14)20(18,19)17-11(2)7-5-8-12(17)3/h6,9-12H,4-5,7-8H2,1-3H3,(H,15,16)/t11-,12+. The maximum absolute atomic E-state index is 12.9. The zero-order valence-electron chi connectivity index (χ0n) is 12.3. The molecule has 1 aliphatic rings. The van der Waals surface area contributed by atoms with Crippen molar-refractivity contribution in [3.8, 4) is 0 Å². The van der Waals surface area contributed by atoms with Crippen molar-refractivity contribution >= 4 is 15.8 Å². The third kappa shape index (κ3) is 2.81. The van der Waals surface area contributed by atoms with E-state index in [0.717, 1.165) is 19.3 Å². The average Bonchev–Trinajstić information content (AvgIpc) is 2.39. The number of piperidine rings is 1. The second-order valence-corrected chi connectivity index (χ2v) is 7.16. The van der Waals surface area contributed by atoms with Crippen LogP contribution >= 0.6 is 0 Å². The van der Waals surface area contributed by atoms with E-state index in [1.807, 2.05) is 20.8 Å². The molecule has 0 bridgehead atoms. The molecule has 1 aromatic rings. The zero-order valence-corrected chi connectivity index (χ0v) is 13.2. The summed E-state index contributed by atoms with van der Waals surface area (Å²) in [4.78, 5) is 4.44. The summed E-state index contributed by atoms with van der Waals surface area (Å²) in [6.45, 7) is 6.54. The summed E-state index contributed by atoms with van der Waals surface area (Å²) in [7, 11) is -3.50. The van der Waals surface area contributed by atoms with Gasteiger partial charge in [-0.3, -0.25) is 0 Å². The number of nitrogens with zero attached hydrogens (tertiary/aromatic N) is 2. The van der Waals surface area contributed by atoms with E-state index in [1.54, 1.807) is 22.6 Å². The molecule has 1 fully saturated rings. The Kier molecular flexibility index (Phi) is 4.65. The van der Waals surface area contributed by atoms with Crippen molar-refractivity contribution in [2.75, 3.05) is 11.9 Å². The molecule has 1 saturated heterocycles. The van der Waals surface area contributed by atoms with Gasteiger partial charge in [-0.2, -0.15) is 4.31 Å². The number of hydrogen-bond donors (Lipinski definition) is 1. The first-order chi connectivity index (χ1) is 9.48. The Bertz CT molecular complexity index is 549. The molecule has 5 nitrogen and oxygen atoms in total. The van der Waals surface area contributed by atoms with Crippen molar-refractivity contribution in [1.82, 2.24) is 9.29 Å². The SMILES string of the molecule is CCNc1ncccc1S(=O)(=O)N1[C@H](C)CCC[C@@H]1C. The van der Waals surface area contributed by atoms with E-state index < -0.39 is 10.0 Å². The molecular formula is C14H23N3O2S. The van der Waals surface area contributed by atoms with Gasteiger partial charge >= 0.3 is 0 Å². The smallest absolute Gasteiger partial charge is 0.247 e. The number of anilines is 1. The van der Waals surface area contributed by atoms with Gasteiger partial charge in [0.2, 0.25) is 10.0 Å². The van der Waals surface area contributed by atoms with Gasteiger partial charge in [-0.15, -0.1) is 0 Å². The predicted molar refractivity (Wildman–Crippen MR) is 80.2 cm³/mol. The molecular weight excluding hydrogens is 274 g/mol. The van der Waals surface area contributed by atoms with E-state index >= 15 is 0 Å². The summed E-state index contributed by atoms with van der Waals surface area (Å²) >= 11 is 0. The molecule has 1 aliphatic heterocycles. The lowest BCUT2D eigenvalue weighted by Crippen LogP contribution is -2.47. The maximum Gasteiger partial charge on any atom is 0.247 e. The van der Waals surface area contributed by atoms with Crippen LogP contribution in [0, 0.1) is 0 Å². The summed E-state index contributed by atoms with van der Waals surface area (Å²) < 4.78 is 27.5. The fourth-order valence-corrected chi connectivity index (χ4v) is 4.89. The summed E-state index contributed by atoms with van der Waals surface area (Å²) in [6.07, 6.45) is 4.53. The monoisotopic (exact) mass is 297 g/mol. The first-order valence-electron chi connectivity index (χ1n) is 7.21. The van der Waals surface area contributed by atoms with Gasteiger partial charge < -0.3 is 5.32 Å². The Morgan fingerprint density at radius 2 is 2.00 bits per heavy atom. The molecule has 0 aromatic carbocycles. The van der Waals surface area contributed by atoms with Crippen LogP contribution in [0.1, 0.15) is 40.0 Å². The molecule has 0 unspecified atom stereocenters. The molecule has 20 heavy (non-hydrogen) atoms. The first kappa shape index (κ1) is 15.3. The van der Waals surface area contributed by atoms with Crippen LogP contribution in [-0.2, 0) is 10.0 Å². The number of hydrogen-bond acceptors (Lipinski definition) is 4. The molecule has 2 heterocycles. The van der Waals surface area contributed by atoms with Crippen LogP contribution in [0.25, 0.3) is 0 Å². The molecule has 1 N–H and O–H groups in total. The molecule has 2 rings (SSSR count). The topological polar surface area (TPSA) is 62.3 Å². The predicted octanol–water partition coefficient (Wildman–Crippen LogP) is 2.47. The molecule has 1 aromatic heterocycles. The van der Waals surface area contributed by atoms with Crippen molar-refractivity contribution in [1.29, 1.82) is 0 Å². The highest BCUT2D eigenvalue weighted by molar-refractivity contribution is 7.89. The molecule has 0 aliphatic carbocycles. The van der Waals surface area contributed by atoms with Gasteiger partial charge in [0.15, 0.2) is 0 Å². The van der Waals surface area contributed by atoms with Crippen molar-refractivity contribution in [3.05, 3.63) is 18.3 Å². The third-order valence-corrected chi connectivity index (χ3v) is 5.94. The van der Waals surface area contributed by atoms with E-state index in [4.69, 9.17) is 0 Å². The summed E-state index contributed by atoms with van der Waals surface area (Å²) in [5, 5.41) is 3.03. The quantitative estimate of drug-likeness (QED) is 0.927. The Labute approximate surface area is 121 Å². The van der Waals surface area contributed by atoms with E-state index in [9.17, 15) is 8.42 Å². The zero-order chi connectivity index (χ0) is 14.8. The van der Waals surface area contributed by atoms with Gasteiger partial charge in [0.25, 0.3) is 0 Å². The van der Waals surface area contributed by atoms with Crippen LogP contribution in [0.4, 0.5) is 5.82 Å². The van der Waals surface area contributed by atoms with Gasteiger partial charge in [0.1, 0.15) is 10.7 Å². The van der Waals surface area contributed by atoms with Crippen LogP contribution in [0.2, 0.25) is 0 Å². The molecule has 0 amide bonds. The first-order valence-corrected chi connectivity index (χ1v) is 8.65. The van der Waals surface area contributed by atoms with E-state index in [1.165, 1.54) is 0 Å². The number of pyridine rings is 1. The molecule has 2 atom stereocenters. The highest BCUT2D eigenvalue weighted by Crippen LogP contribution is 2.31. The van der Waals surface area contributed by atoms with E-state index in [0.29, 0.717) is 12.4 Å². The minimum absolute atomic E-state index is 0.0402. The van der Waals surface area contributed by atoms with Crippen molar-refractivity contribution < 1.29 is 8.42 Å². The van der Waals surface area contributed by atoms with Crippen molar-refractivity contribution in [2.24, 2.45) is 0 Å². The molecule has 0 radical (unpaired) electrons. The minimum atomic E-state index is -3.50. The van der Waals surface area contributed by atoms with Gasteiger partial charge in [-0.1, -0.05) is 6.42 Å². The summed E-state index contributed by atoms with van der Waals surface area (Å²) in [5.41, 5.74) is 0. The highest BCUT2D eigenvalue weighted by Gasteiger charge is 2.37. The number of sulfonamides is 1. The lowest BCUT2D eigenvalue weighted by molar-refractivity contribution is 0.204. The molecule has 0 saturated carbocycles. The number of rotatable bonds is 4. The van der Waals surface area contributed by atoms with Crippen LogP contribution in [0.3, 0.4) is 0 Å². The van der Waals surface area contributed by atoms with Crippen LogP contribution < -0.4 is 5.32 Å². The van der Waals surface area contributed by atoms with Gasteiger partial charge in [0.05, 0.1) is 0 Å². The minimum Gasteiger partial charge on any atom is -0.369 e. The van der Waals surface area contributed by atoms with Gasteiger partial charge in [0, 0.05) is 24.8 Å². The van der Waals surface area contributed by atoms with Crippen LogP contribution in [0.5, 0.6) is 0 Å². The van der Waals surface area contributed by atoms with E-state index in [-0.39, 0.29) is 17.0 Å². The Balaban J connectivity index is 2.44. The van der Waals surface area contributed by atoms with Gasteiger partial charge in [-0.05, 0) is 45.7 Å². The largest absolute Gasteiger partial charge is 0.369 e. The van der Waals surface area contributed by atoms with Crippen LogP contribution in [0.15, 0.2) is 23.2 Å². The average molecular weight is 297 g/mol. The summed E-state index contributed by atoms with van der Waals surface area (Å²) in [6, 6.07) is 3.39. The second-order valence-electron chi connectivity index (χ2n) is 5.34. The third-order valence-electron chi connectivity index (χ3n) is 3.78. The molecule has 0 spiro atoms. The Hall–Kier alpha value is -1.14. The van der Waals surface area contributed by atoms with Crippen molar-refractivity contribution in [2.45, 2.75) is 57.0 Å². The number of nitrogens with one attached hydrogen (secondary N) is 1. The van der Waals surface area contributed by atoms with E-state index in [2.05, 4.69) is 10.3 Å². The fraction of sp³-hybridized carbons (Fsp3) is 0.643. The molecule has 112 valence electrons. The highest BCUT2D eigenvalue weighted by atomic mass is 32.2. The lowest BCUT2D eigenvalue weighted by atomic mass is 10.0. The summed E-state index contributed by atoms with van der Waals surface area (Å²) in [5.74, 6) is 0.444. The lowest BCUT2D eigenvalue weighted by Gasteiger charge is -2.37. The van der Waals surface area contributed by atoms with Gasteiger partial charge in [-0.25, -0.2) is 13.4 Å². The second kappa shape index (κ2) is 6.10.